The minimum absolute atomic E-state index is 0.0608. The van der Waals surface area contributed by atoms with Crippen molar-refractivity contribution in [3.63, 3.8) is 0 Å². The van der Waals surface area contributed by atoms with Gasteiger partial charge in [0.15, 0.2) is 0 Å². The minimum Gasteiger partial charge on any atom is -0.480 e. The Morgan fingerprint density at radius 3 is 2.21 bits per heavy atom. The molecule has 0 radical (unpaired) electrons. The summed E-state index contributed by atoms with van der Waals surface area (Å²) >= 11 is 0. The van der Waals surface area contributed by atoms with E-state index >= 15 is 0 Å². The summed E-state index contributed by atoms with van der Waals surface area (Å²) in [5, 5.41) is 9.22. The lowest BCUT2D eigenvalue weighted by atomic mass is 10.0. The third kappa shape index (κ3) is 3.76. The summed E-state index contributed by atoms with van der Waals surface area (Å²) in [5.74, 6) is -1.14. The van der Waals surface area contributed by atoms with Crippen molar-refractivity contribution in [1.29, 1.82) is 0 Å². The quantitative estimate of drug-likeness (QED) is 0.869. The number of rotatable bonds is 6. The molecular weight excluding hydrogens is 326 g/mol. The van der Waals surface area contributed by atoms with Crippen molar-refractivity contribution in [2.75, 3.05) is 10.8 Å². The fourth-order valence-corrected chi connectivity index (χ4v) is 3.90. The second-order valence-electron chi connectivity index (χ2n) is 5.93. The van der Waals surface area contributed by atoms with E-state index in [1.807, 2.05) is 32.9 Å². The van der Waals surface area contributed by atoms with Gasteiger partial charge < -0.3 is 5.11 Å². The minimum atomic E-state index is -3.97. The average molecular weight is 347 g/mol. The van der Waals surface area contributed by atoms with Crippen molar-refractivity contribution in [2.45, 2.75) is 31.6 Å². The van der Waals surface area contributed by atoms with Gasteiger partial charge in [-0.15, -0.1) is 0 Å². The van der Waals surface area contributed by atoms with Gasteiger partial charge in [-0.25, -0.2) is 8.42 Å². The van der Waals surface area contributed by atoms with Gasteiger partial charge in [-0.05, 0) is 36.6 Å². The molecule has 6 heteroatoms. The standard InChI is InChI=1S/C18H21NO4S/c1-13(2)16-6-4-5-7-17(16)19(12-18(20)21)24(22,23)15-10-8-14(3)9-11-15/h4-11,13H,12H2,1-3H3,(H,20,21). The molecule has 2 rings (SSSR count). The molecule has 1 N–H and O–H groups in total. The molecule has 0 saturated heterocycles. The topological polar surface area (TPSA) is 74.7 Å². The predicted molar refractivity (Wildman–Crippen MR) is 93.9 cm³/mol. The molecule has 0 amide bonds. The number of carboxylic acid groups (broad SMARTS) is 1. The van der Waals surface area contributed by atoms with E-state index in [0.717, 1.165) is 15.4 Å². The van der Waals surface area contributed by atoms with Gasteiger partial charge in [-0.1, -0.05) is 49.7 Å². The van der Waals surface area contributed by atoms with Crippen molar-refractivity contribution >= 4 is 21.7 Å². The van der Waals surface area contributed by atoms with E-state index in [-0.39, 0.29) is 10.8 Å². The molecule has 24 heavy (non-hydrogen) atoms. The van der Waals surface area contributed by atoms with E-state index in [9.17, 15) is 18.3 Å². The number of benzene rings is 2. The number of sulfonamides is 1. The Labute approximate surface area is 142 Å². The summed E-state index contributed by atoms with van der Waals surface area (Å²) in [6, 6.07) is 13.4. The van der Waals surface area contributed by atoms with Gasteiger partial charge in [0.1, 0.15) is 6.54 Å². The van der Waals surface area contributed by atoms with Gasteiger partial charge in [0.05, 0.1) is 10.6 Å². The van der Waals surface area contributed by atoms with E-state index in [1.165, 1.54) is 12.1 Å². The van der Waals surface area contributed by atoms with Crippen molar-refractivity contribution in [2.24, 2.45) is 0 Å². The predicted octanol–water partition coefficient (Wildman–Crippen LogP) is 3.40. The van der Waals surface area contributed by atoms with E-state index in [2.05, 4.69) is 0 Å². The maximum atomic E-state index is 13.0. The Hall–Kier alpha value is -2.34. The van der Waals surface area contributed by atoms with Crippen LogP contribution in [0.15, 0.2) is 53.4 Å². The molecule has 2 aromatic rings. The molecule has 0 atom stereocenters. The summed E-state index contributed by atoms with van der Waals surface area (Å²) in [6.45, 7) is 5.12. The first kappa shape index (κ1) is 18.0. The molecule has 0 spiro atoms. The van der Waals surface area contributed by atoms with Gasteiger partial charge in [-0.2, -0.15) is 0 Å². The Bertz CT molecular complexity index is 826. The molecule has 0 aliphatic rings. The lowest BCUT2D eigenvalue weighted by molar-refractivity contribution is -0.135. The van der Waals surface area contributed by atoms with Gasteiger partial charge in [0.2, 0.25) is 0 Å². The number of anilines is 1. The zero-order chi connectivity index (χ0) is 17.9. The van der Waals surface area contributed by atoms with Crippen LogP contribution >= 0.6 is 0 Å². The Morgan fingerprint density at radius 1 is 1.08 bits per heavy atom. The molecule has 0 heterocycles. The van der Waals surface area contributed by atoms with E-state index in [0.29, 0.717) is 5.69 Å². The average Bonchev–Trinajstić information content (AvgIpc) is 2.52. The van der Waals surface area contributed by atoms with Crippen LogP contribution in [0, 0.1) is 6.92 Å². The van der Waals surface area contributed by atoms with Gasteiger partial charge in [0.25, 0.3) is 10.0 Å². The van der Waals surface area contributed by atoms with Crippen LogP contribution < -0.4 is 4.31 Å². The molecule has 0 bridgehead atoms. The zero-order valence-corrected chi connectivity index (χ0v) is 14.7. The summed E-state index contributed by atoms with van der Waals surface area (Å²) < 4.78 is 27.0. The van der Waals surface area contributed by atoms with Crippen molar-refractivity contribution in [3.05, 3.63) is 59.7 Å². The molecule has 0 aliphatic carbocycles. The van der Waals surface area contributed by atoms with Crippen LogP contribution in [-0.2, 0) is 14.8 Å². The number of para-hydroxylation sites is 1. The van der Waals surface area contributed by atoms with Crippen molar-refractivity contribution in [1.82, 2.24) is 0 Å². The molecule has 0 saturated carbocycles. The first-order valence-electron chi connectivity index (χ1n) is 7.63. The first-order valence-corrected chi connectivity index (χ1v) is 9.07. The smallest absolute Gasteiger partial charge is 0.324 e. The lowest BCUT2D eigenvalue weighted by Gasteiger charge is -2.26. The molecule has 0 fully saturated rings. The van der Waals surface area contributed by atoms with Crippen molar-refractivity contribution in [3.8, 4) is 0 Å². The fraction of sp³-hybridized carbons (Fsp3) is 0.278. The highest BCUT2D eigenvalue weighted by Gasteiger charge is 2.29. The molecular formula is C18H21NO4S. The maximum Gasteiger partial charge on any atom is 0.324 e. The number of aryl methyl sites for hydroxylation is 1. The van der Waals surface area contributed by atoms with Crippen LogP contribution in [0.3, 0.4) is 0 Å². The van der Waals surface area contributed by atoms with Gasteiger partial charge >= 0.3 is 5.97 Å². The lowest BCUT2D eigenvalue weighted by Crippen LogP contribution is -2.36. The summed E-state index contributed by atoms with van der Waals surface area (Å²) in [6.07, 6.45) is 0. The van der Waals surface area contributed by atoms with E-state index < -0.39 is 22.5 Å². The Morgan fingerprint density at radius 2 is 1.67 bits per heavy atom. The first-order chi connectivity index (χ1) is 11.2. The molecule has 0 unspecified atom stereocenters. The highest BCUT2D eigenvalue weighted by atomic mass is 32.2. The van der Waals surface area contributed by atoms with Crippen LogP contribution in [0.25, 0.3) is 0 Å². The van der Waals surface area contributed by atoms with Crippen LogP contribution in [-0.4, -0.2) is 26.0 Å². The van der Waals surface area contributed by atoms with Crippen LogP contribution in [0.2, 0.25) is 0 Å². The van der Waals surface area contributed by atoms with Gasteiger partial charge in [-0.3, -0.25) is 9.10 Å². The molecule has 2 aromatic carbocycles. The zero-order valence-electron chi connectivity index (χ0n) is 13.9. The number of hydrogen-bond donors (Lipinski definition) is 1. The third-order valence-electron chi connectivity index (χ3n) is 3.72. The summed E-state index contributed by atoms with van der Waals surface area (Å²) in [4.78, 5) is 11.4. The number of aliphatic carboxylic acids is 1. The van der Waals surface area contributed by atoms with Crippen LogP contribution in [0.1, 0.15) is 30.9 Å². The summed E-state index contributed by atoms with van der Waals surface area (Å²) in [7, 11) is -3.97. The van der Waals surface area contributed by atoms with E-state index in [1.54, 1.807) is 24.3 Å². The number of carbonyl (C=O) groups is 1. The van der Waals surface area contributed by atoms with Crippen molar-refractivity contribution < 1.29 is 18.3 Å². The normalized spacial score (nSPS) is 11.5. The molecule has 0 aliphatic heterocycles. The number of carboxylic acids is 1. The Kier molecular flexibility index (Phi) is 5.29. The number of nitrogens with zero attached hydrogens (tertiary/aromatic N) is 1. The van der Waals surface area contributed by atoms with E-state index in [4.69, 9.17) is 0 Å². The molecule has 5 nitrogen and oxygen atoms in total. The second-order valence-corrected chi connectivity index (χ2v) is 7.79. The molecule has 0 aromatic heterocycles. The SMILES string of the molecule is Cc1ccc(S(=O)(=O)N(CC(=O)O)c2ccccc2C(C)C)cc1. The fourth-order valence-electron chi connectivity index (χ4n) is 2.46. The summed E-state index contributed by atoms with van der Waals surface area (Å²) in [5.41, 5.74) is 2.12. The van der Waals surface area contributed by atoms with Gasteiger partial charge in [0, 0.05) is 0 Å². The largest absolute Gasteiger partial charge is 0.480 e. The maximum absolute atomic E-state index is 13.0. The number of hydrogen-bond acceptors (Lipinski definition) is 3. The second kappa shape index (κ2) is 7.05. The Balaban J connectivity index is 2.61. The third-order valence-corrected chi connectivity index (χ3v) is 5.49. The molecule has 128 valence electrons. The highest BCUT2D eigenvalue weighted by Crippen LogP contribution is 2.31. The van der Waals surface area contributed by atoms with Crippen LogP contribution in [0.4, 0.5) is 5.69 Å². The highest BCUT2D eigenvalue weighted by molar-refractivity contribution is 7.92. The van der Waals surface area contributed by atoms with Crippen LogP contribution in [0.5, 0.6) is 0 Å². The monoisotopic (exact) mass is 347 g/mol.